The van der Waals surface area contributed by atoms with Gasteiger partial charge in [-0.05, 0) is 38.1 Å². The van der Waals surface area contributed by atoms with E-state index in [0.29, 0.717) is 17.1 Å². The van der Waals surface area contributed by atoms with Crippen molar-refractivity contribution >= 4 is 5.97 Å². The van der Waals surface area contributed by atoms with E-state index in [1.165, 1.54) is 22.8 Å². The minimum atomic E-state index is -4.43. The molecule has 0 unspecified atom stereocenters. The molecule has 1 N–H and O–H groups in total. The van der Waals surface area contributed by atoms with Crippen molar-refractivity contribution in [2.24, 2.45) is 0 Å². The van der Waals surface area contributed by atoms with Crippen molar-refractivity contribution in [2.75, 3.05) is 0 Å². The van der Waals surface area contributed by atoms with Crippen LogP contribution < -0.4 is 0 Å². The first kappa shape index (κ1) is 14.2. The zero-order valence-electron chi connectivity index (χ0n) is 10.8. The summed E-state index contributed by atoms with van der Waals surface area (Å²) >= 11 is 0. The van der Waals surface area contributed by atoms with Gasteiger partial charge in [-0.1, -0.05) is 6.07 Å². The van der Waals surface area contributed by atoms with Crippen LogP contribution in [0.15, 0.2) is 30.3 Å². The number of aryl methyl sites for hydroxylation is 1. The minimum Gasteiger partial charge on any atom is -0.478 e. The van der Waals surface area contributed by atoms with E-state index >= 15 is 0 Å². The Morgan fingerprint density at radius 1 is 1.20 bits per heavy atom. The van der Waals surface area contributed by atoms with Gasteiger partial charge in [-0.15, -0.1) is 0 Å². The molecule has 1 aromatic carbocycles. The Bertz CT molecular complexity index is 672. The molecule has 6 heteroatoms. The summed E-state index contributed by atoms with van der Waals surface area (Å²) in [5.74, 6) is -1.10. The van der Waals surface area contributed by atoms with Crippen LogP contribution in [0, 0.1) is 13.8 Å². The SMILES string of the molecule is Cc1cc(C(=O)O)c(C)n1-c1cccc(C(F)(F)F)c1. The van der Waals surface area contributed by atoms with Crippen LogP contribution in [0.5, 0.6) is 0 Å². The number of hydrogen-bond donors (Lipinski definition) is 1. The summed E-state index contributed by atoms with van der Waals surface area (Å²) in [6.45, 7) is 3.22. The number of carboxylic acid groups (broad SMARTS) is 1. The second-order valence-electron chi connectivity index (χ2n) is 4.47. The Hall–Kier alpha value is -2.24. The Labute approximate surface area is 113 Å². The molecule has 0 saturated carbocycles. The first-order chi connectivity index (χ1) is 9.21. The first-order valence-corrected chi connectivity index (χ1v) is 5.81. The number of aromatic carboxylic acids is 1. The van der Waals surface area contributed by atoms with Crippen molar-refractivity contribution in [3.63, 3.8) is 0 Å². The second kappa shape index (κ2) is 4.70. The maximum atomic E-state index is 12.7. The van der Waals surface area contributed by atoms with E-state index in [9.17, 15) is 18.0 Å². The number of aromatic nitrogens is 1. The molecule has 0 bridgehead atoms. The van der Waals surface area contributed by atoms with Crippen LogP contribution in [0.25, 0.3) is 5.69 Å². The van der Waals surface area contributed by atoms with Crippen molar-refractivity contribution in [1.29, 1.82) is 0 Å². The molecular formula is C14H12F3NO2. The number of halogens is 3. The number of hydrogen-bond acceptors (Lipinski definition) is 1. The third kappa shape index (κ3) is 2.41. The lowest BCUT2D eigenvalue weighted by atomic mass is 10.2. The van der Waals surface area contributed by atoms with Gasteiger partial charge < -0.3 is 9.67 Å². The Balaban J connectivity index is 2.61. The van der Waals surface area contributed by atoms with Gasteiger partial charge in [0, 0.05) is 17.1 Å². The molecule has 0 radical (unpaired) electrons. The van der Waals surface area contributed by atoms with Gasteiger partial charge in [0.05, 0.1) is 11.1 Å². The molecule has 1 aromatic heterocycles. The van der Waals surface area contributed by atoms with Crippen LogP contribution >= 0.6 is 0 Å². The average Bonchev–Trinajstić information content (AvgIpc) is 2.64. The van der Waals surface area contributed by atoms with Crippen molar-refractivity contribution in [3.8, 4) is 5.69 Å². The molecule has 1 heterocycles. The monoisotopic (exact) mass is 283 g/mol. The van der Waals surface area contributed by atoms with Crippen LogP contribution in [0.3, 0.4) is 0 Å². The topological polar surface area (TPSA) is 42.2 Å². The molecule has 3 nitrogen and oxygen atoms in total. The maximum Gasteiger partial charge on any atom is 0.416 e. The molecular weight excluding hydrogens is 271 g/mol. The summed E-state index contributed by atoms with van der Waals surface area (Å²) in [5.41, 5.74) is 0.579. The molecule has 2 rings (SSSR count). The predicted octanol–water partition coefficient (Wildman–Crippen LogP) is 3.81. The first-order valence-electron chi connectivity index (χ1n) is 5.81. The third-order valence-electron chi connectivity index (χ3n) is 3.09. The summed E-state index contributed by atoms with van der Waals surface area (Å²) in [4.78, 5) is 11.1. The van der Waals surface area contributed by atoms with Gasteiger partial charge in [0.15, 0.2) is 0 Å². The van der Waals surface area contributed by atoms with Gasteiger partial charge in [-0.25, -0.2) is 4.79 Å². The standard InChI is InChI=1S/C14H12F3NO2/c1-8-6-12(13(19)20)9(2)18(8)11-5-3-4-10(7-11)14(15,16)17/h3-7H,1-2H3,(H,19,20). The van der Waals surface area contributed by atoms with E-state index in [4.69, 9.17) is 5.11 Å². The normalized spacial score (nSPS) is 11.7. The number of benzene rings is 1. The summed E-state index contributed by atoms with van der Waals surface area (Å²) in [7, 11) is 0. The van der Waals surface area contributed by atoms with E-state index in [1.807, 2.05) is 0 Å². The maximum absolute atomic E-state index is 12.7. The lowest BCUT2D eigenvalue weighted by Crippen LogP contribution is -2.07. The zero-order chi connectivity index (χ0) is 15.1. The zero-order valence-corrected chi connectivity index (χ0v) is 10.8. The molecule has 0 aliphatic carbocycles. The Kier molecular flexibility index (Phi) is 3.33. The van der Waals surface area contributed by atoms with Crippen LogP contribution in [0.2, 0.25) is 0 Å². The molecule has 2 aromatic rings. The minimum absolute atomic E-state index is 0.0833. The fraction of sp³-hybridized carbons (Fsp3) is 0.214. The number of carboxylic acids is 1. The molecule has 0 atom stereocenters. The van der Waals surface area contributed by atoms with Crippen molar-refractivity contribution in [1.82, 2.24) is 4.57 Å². The lowest BCUT2D eigenvalue weighted by Gasteiger charge is -2.12. The van der Waals surface area contributed by atoms with Gasteiger partial charge in [-0.2, -0.15) is 13.2 Å². The van der Waals surface area contributed by atoms with E-state index in [-0.39, 0.29) is 5.56 Å². The van der Waals surface area contributed by atoms with Crippen LogP contribution in [-0.4, -0.2) is 15.6 Å². The summed E-state index contributed by atoms with van der Waals surface area (Å²) < 4.78 is 39.6. The predicted molar refractivity (Wildman–Crippen MR) is 67.2 cm³/mol. The largest absolute Gasteiger partial charge is 0.478 e. The summed E-state index contributed by atoms with van der Waals surface area (Å²) in [6, 6.07) is 6.25. The Morgan fingerprint density at radius 3 is 2.35 bits per heavy atom. The van der Waals surface area contributed by atoms with E-state index in [0.717, 1.165) is 12.1 Å². The molecule has 0 amide bonds. The Morgan fingerprint density at radius 2 is 1.85 bits per heavy atom. The van der Waals surface area contributed by atoms with Crippen molar-refractivity contribution < 1.29 is 23.1 Å². The van der Waals surface area contributed by atoms with Crippen molar-refractivity contribution in [2.45, 2.75) is 20.0 Å². The fourth-order valence-corrected chi connectivity index (χ4v) is 2.20. The fourth-order valence-electron chi connectivity index (χ4n) is 2.20. The van der Waals surface area contributed by atoms with E-state index in [1.54, 1.807) is 13.8 Å². The highest BCUT2D eigenvalue weighted by Gasteiger charge is 2.30. The lowest BCUT2D eigenvalue weighted by molar-refractivity contribution is -0.137. The van der Waals surface area contributed by atoms with Gasteiger partial charge in [0.1, 0.15) is 0 Å². The summed E-state index contributed by atoms with van der Waals surface area (Å²) in [6.07, 6.45) is -4.43. The number of rotatable bonds is 2. The highest BCUT2D eigenvalue weighted by molar-refractivity contribution is 5.89. The molecule has 20 heavy (non-hydrogen) atoms. The highest BCUT2D eigenvalue weighted by atomic mass is 19.4. The van der Waals surface area contributed by atoms with Crippen LogP contribution in [0.1, 0.15) is 27.3 Å². The van der Waals surface area contributed by atoms with E-state index in [2.05, 4.69) is 0 Å². The quantitative estimate of drug-likeness (QED) is 0.910. The smallest absolute Gasteiger partial charge is 0.416 e. The molecule has 0 spiro atoms. The second-order valence-corrected chi connectivity index (χ2v) is 4.47. The molecule has 0 fully saturated rings. The number of carbonyl (C=O) groups is 1. The average molecular weight is 283 g/mol. The van der Waals surface area contributed by atoms with Crippen molar-refractivity contribution in [3.05, 3.63) is 52.8 Å². The molecule has 0 aliphatic heterocycles. The molecule has 0 aliphatic rings. The highest BCUT2D eigenvalue weighted by Crippen LogP contribution is 2.31. The van der Waals surface area contributed by atoms with Crippen LogP contribution in [-0.2, 0) is 6.18 Å². The van der Waals surface area contributed by atoms with Gasteiger partial charge >= 0.3 is 12.1 Å². The third-order valence-corrected chi connectivity index (χ3v) is 3.09. The number of nitrogens with zero attached hydrogens (tertiary/aromatic N) is 1. The van der Waals surface area contributed by atoms with Gasteiger partial charge in [-0.3, -0.25) is 0 Å². The van der Waals surface area contributed by atoms with Gasteiger partial charge in [0.2, 0.25) is 0 Å². The summed E-state index contributed by atoms with van der Waals surface area (Å²) in [5, 5.41) is 9.04. The number of alkyl halides is 3. The van der Waals surface area contributed by atoms with Gasteiger partial charge in [0.25, 0.3) is 0 Å². The van der Waals surface area contributed by atoms with E-state index < -0.39 is 17.7 Å². The molecule has 106 valence electrons. The van der Waals surface area contributed by atoms with Crippen LogP contribution in [0.4, 0.5) is 13.2 Å². The molecule has 0 saturated heterocycles.